The first kappa shape index (κ1) is 18.1. The highest BCUT2D eigenvalue weighted by molar-refractivity contribution is 5.87. The zero-order valence-corrected chi connectivity index (χ0v) is 14.7. The molecule has 1 aliphatic heterocycles. The van der Waals surface area contributed by atoms with Crippen molar-refractivity contribution >= 4 is 11.8 Å². The minimum Gasteiger partial charge on any atom is -0.383 e. The van der Waals surface area contributed by atoms with E-state index in [4.69, 9.17) is 0 Å². The van der Waals surface area contributed by atoms with Crippen LogP contribution in [-0.4, -0.2) is 50.8 Å². The van der Waals surface area contributed by atoms with E-state index in [0.29, 0.717) is 26.1 Å². The third kappa shape index (κ3) is 4.70. The molecular formula is C19H24N4O3. The van der Waals surface area contributed by atoms with Gasteiger partial charge in [0, 0.05) is 25.5 Å². The van der Waals surface area contributed by atoms with E-state index in [2.05, 4.69) is 10.4 Å². The Morgan fingerprint density at radius 2 is 2.04 bits per heavy atom. The average Bonchev–Trinajstić information content (AvgIpc) is 3.10. The van der Waals surface area contributed by atoms with E-state index >= 15 is 0 Å². The summed E-state index contributed by atoms with van der Waals surface area (Å²) in [5.41, 5.74) is 2.09. The number of aliphatic hydroxyl groups excluding tert-OH is 1. The maximum atomic E-state index is 12.3. The fourth-order valence-corrected chi connectivity index (χ4v) is 3.12. The molecule has 138 valence electrons. The summed E-state index contributed by atoms with van der Waals surface area (Å²) in [6.07, 6.45) is 4.72. The molecule has 1 aromatic heterocycles. The van der Waals surface area contributed by atoms with Gasteiger partial charge >= 0.3 is 0 Å². The van der Waals surface area contributed by atoms with E-state index in [-0.39, 0.29) is 18.4 Å². The van der Waals surface area contributed by atoms with Gasteiger partial charge in [0.05, 0.1) is 13.1 Å². The molecule has 26 heavy (non-hydrogen) atoms. The number of carbonyl (C=O) groups is 2. The molecule has 0 spiro atoms. The van der Waals surface area contributed by atoms with Crippen LogP contribution in [0.1, 0.15) is 30.4 Å². The van der Waals surface area contributed by atoms with E-state index in [9.17, 15) is 14.7 Å². The van der Waals surface area contributed by atoms with Crippen LogP contribution >= 0.6 is 0 Å². The lowest BCUT2D eigenvalue weighted by atomic mass is 10.1. The number of hydrogen-bond acceptors (Lipinski definition) is 4. The molecule has 1 aromatic carbocycles. The largest absolute Gasteiger partial charge is 0.383 e. The first-order valence-electron chi connectivity index (χ1n) is 8.91. The van der Waals surface area contributed by atoms with Crippen molar-refractivity contribution < 1.29 is 14.7 Å². The zero-order valence-electron chi connectivity index (χ0n) is 14.7. The summed E-state index contributed by atoms with van der Waals surface area (Å²) in [6, 6.07) is 9.75. The molecule has 0 bridgehead atoms. The van der Waals surface area contributed by atoms with Gasteiger partial charge in [-0.2, -0.15) is 5.10 Å². The molecule has 0 saturated carbocycles. The fourth-order valence-electron chi connectivity index (χ4n) is 3.12. The van der Waals surface area contributed by atoms with E-state index in [1.807, 2.05) is 41.2 Å². The number of nitrogens with one attached hydrogen (secondary N) is 1. The number of hydrogen-bond donors (Lipinski definition) is 2. The van der Waals surface area contributed by atoms with Gasteiger partial charge in [-0.3, -0.25) is 14.3 Å². The van der Waals surface area contributed by atoms with Gasteiger partial charge in [-0.15, -0.1) is 0 Å². The summed E-state index contributed by atoms with van der Waals surface area (Å²) in [5, 5.41) is 16.9. The highest BCUT2D eigenvalue weighted by atomic mass is 16.3. The second-order valence-electron chi connectivity index (χ2n) is 6.52. The quantitative estimate of drug-likeness (QED) is 0.806. The van der Waals surface area contributed by atoms with Crippen molar-refractivity contribution in [2.45, 2.75) is 38.5 Å². The molecule has 3 rings (SSSR count). The molecule has 2 heterocycles. The molecule has 2 N–H and O–H groups in total. The maximum Gasteiger partial charge on any atom is 0.251 e. The average molecular weight is 356 g/mol. The second kappa shape index (κ2) is 8.62. The number of benzene rings is 1. The maximum absolute atomic E-state index is 12.3. The van der Waals surface area contributed by atoms with Crippen LogP contribution in [0.3, 0.4) is 0 Å². The number of carbonyl (C=O) groups excluding carboxylic acids is 2. The first-order valence-corrected chi connectivity index (χ1v) is 8.91. The van der Waals surface area contributed by atoms with Gasteiger partial charge in [-0.1, -0.05) is 24.3 Å². The molecule has 7 nitrogen and oxygen atoms in total. The number of rotatable bonds is 6. The highest BCUT2D eigenvalue weighted by Gasteiger charge is 2.26. The van der Waals surface area contributed by atoms with E-state index in [0.717, 1.165) is 24.0 Å². The van der Waals surface area contributed by atoms with Crippen LogP contribution in [0.4, 0.5) is 0 Å². The Kier molecular flexibility index (Phi) is 6.01. The first-order chi connectivity index (χ1) is 12.6. The van der Waals surface area contributed by atoms with Crippen LogP contribution < -0.4 is 5.32 Å². The van der Waals surface area contributed by atoms with Gasteiger partial charge in [0.15, 0.2) is 0 Å². The number of nitrogens with zero attached hydrogens (tertiary/aromatic N) is 3. The summed E-state index contributed by atoms with van der Waals surface area (Å²) < 4.78 is 1.83. The highest BCUT2D eigenvalue weighted by Crippen LogP contribution is 2.12. The Bertz CT molecular complexity index is 745. The monoisotopic (exact) mass is 356 g/mol. The fraction of sp³-hybridized carbons (Fsp3) is 0.421. The normalized spacial score (nSPS) is 17.8. The summed E-state index contributed by atoms with van der Waals surface area (Å²) in [4.78, 5) is 25.8. The lowest BCUT2D eigenvalue weighted by Gasteiger charge is -2.21. The predicted octanol–water partition coefficient (Wildman–Crippen LogP) is 0.921. The Morgan fingerprint density at radius 1 is 1.23 bits per heavy atom. The number of likely N-dealkylation sites (tertiary alicyclic amines) is 1. The van der Waals surface area contributed by atoms with Crippen molar-refractivity contribution in [2.75, 3.05) is 13.1 Å². The number of aromatic nitrogens is 2. The molecule has 1 unspecified atom stereocenters. The molecule has 1 saturated heterocycles. The minimum absolute atomic E-state index is 0.0167. The van der Waals surface area contributed by atoms with Gasteiger partial charge in [-0.05, 0) is 36.5 Å². The van der Waals surface area contributed by atoms with Crippen LogP contribution in [0.25, 0.3) is 0 Å². The molecule has 1 atom stereocenters. The summed E-state index contributed by atoms with van der Waals surface area (Å²) in [6.45, 7) is 1.52. The zero-order chi connectivity index (χ0) is 18.4. The molecule has 0 radical (unpaired) electrons. The van der Waals surface area contributed by atoms with Crippen molar-refractivity contribution in [3.05, 3.63) is 53.9 Å². The third-order valence-electron chi connectivity index (χ3n) is 4.57. The second-order valence-corrected chi connectivity index (χ2v) is 6.52. The van der Waals surface area contributed by atoms with Gasteiger partial charge in [0.25, 0.3) is 5.91 Å². The van der Waals surface area contributed by atoms with Crippen LogP contribution in [0.5, 0.6) is 0 Å². The Labute approximate surface area is 152 Å². The van der Waals surface area contributed by atoms with E-state index in [1.54, 1.807) is 6.20 Å². The van der Waals surface area contributed by atoms with E-state index in [1.165, 1.54) is 4.90 Å². The Hall–Kier alpha value is -2.67. The van der Waals surface area contributed by atoms with Crippen molar-refractivity contribution in [1.29, 1.82) is 0 Å². The SMILES string of the molecule is O=C(CN1CCCCC(O)C1=O)NCc1ccccc1Cn1cccn1. The van der Waals surface area contributed by atoms with Crippen molar-refractivity contribution in [2.24, 2.45) is 0 Å². The Balaban J connectivity index is 1.57. The predicted molar refractivity (Wildman–Crippen MR) is 96.1 cm³/mol. The molecule has 2 aromatic rings. The van der Waals surface area contributed by atoms with E-state index < -0.39 is 6.10 Å². The number of aliphatic hydroxyl groups is 1. The summed E-state index contributed by atoms with van der Waals surface area (Å²) >= 11 is 0. The molecular weight excluding hydrogens is 332 g/mol. The molecule has 2 amide bonds. The molecule has 0 aliphatic carbocycles. The number of amides is 2. The molecule has 7 heteroatoms. The summed E-state index contributed by atoms with van der Waals surface area (Å²) in [5.74, 6) is -0.571. The van der Waals surface area contributed by atoms with Crippen molar-refractivity contribution in [3.63, 3.8) is 0 Å². The third-order valence-corrected chi connectivity index (χ3v) is 4.57. The Morgan fingerprint density at radius 3 is 2.81 bits per heavy atom. The lowest BCUT2D eigenvalue weighted by molar-refractivity contribution is -0.142. The minimum atomic E-state index is -0.986. The van der Waals surface area contributed by atoms with Crippen molar-refractivity contribution in [1.82, 2.24) is 20.0 Å². The molecule has 1 aliphatic rings. The van der Waals surface area contributed by atoms with Crippen molar-refractivity contribution in [3.8, 4) is 0 Å². The van der Waals surface area contributed by atoms with Gasteiger partial charge in [0.2, 0.25) is 5.91 Å². The lowest BCUT2D eigenvalue weighted by Crippen LogP contribution is -2.44. The smallest absolute Gasteiger partial charge is 0.251 e. The van der Waals surface area contributed by atoms with Crippen LogP contribution in [0.15, 0.2) is 42.7 Å². The summed E-state index contributed by atoms with van der Waals surface area (Å²) in [7, 11) is 0. The van der Waals surface area contributed by atoms with Crippen LogP contribution in [0, 0.1) is 0 Å². The topological polar surface area (TPSA) is 87.5 Å². The molecule has 1 fully saturated rings. The van der Waals surface area contributed by atoms with Gasteiger partial charge in [0.1, 0.15) is 6.10 Å². The van der Waals surface area contributed by atoms with Gasteiger partial charge < -0.3 is 15.3 Å². The standard InChI is InChI=1S/C19H24N4O3/c24-17-8-3-4-10-22(19(17)26)14-18(25)20-12-15-6-1-2-7-16(15)13-23-11-5-9-21-23/h1-2,5-7,9,11,17,24H,3-4,8,10,12-14H2,(H,20,25). The van der Waals surface area contributed by atoms with Crippen LogP contribution in [-0.2, 0) is 22.7 Å². The van der Waals surface area contributed by atoms with Crippen LogP contribution in [0.2, 0.25) is 0 Å². The van der Waals surface area contributed by atoms with Gasteiger partial charge in [-0.25, -0.2) is 0 Å².